The third kappa shape index (κ3) is 2.04. The molecule has 0 saturated carbocycles. The quantitative estimate of drug-likeness (QED) is 0.322. The number of thiophene rings is 1. The van der Waals surface area contributed by atoms with Crippen molar-refractivity contribution < 1.29 is 0 Å². The fraction of sp³-hybridized carbons (Fsp3) is 0. The van der Waals surface area contributed by atoms with Crippen LogP contribution in [0.1, 0.15) is 0 Å². The molecule has 0 atom stereocenters. The SMILES string of the molecule is c1ccc2c(c1)nc1[nH]c3cccc(-c4ccc5sc6ccccc6c5c4)c3n12. The van der Waals surface area contributed by atoms with Crippen molar-refractivity contribution in [1.82, 2.24) is 14.4 Å². The summed E-state index contributed by atoms with van der Waals surface area (Å²) >= 11 is 1.86. The van der Waals surface area contributed by atoms with Crippen molar-refractivity contribution in [1.29, 1.82) is 0 Å². The average Bonchev–Trinajstić information content (AvgIpc) is 3.42. The number of nitrogens with zero attached hydrogens (tertiary/aromatic N) is 2. The first-order chi connectivity index (χ1) is 14.4. The normalized spacial score (nSPS) is 12.1. The van der Waals surface area contributed by atoms with E-state index in [1.807, 2.05) is 17.4 Å². The molecule has 0 bridgehead atoms. The number of hydrogen-bond acceptors (Lipinski definition) is 2. The second-order valence-corrected chi connectivity index (χ2v) is 8.48. The minimum absolute atomic E-state index is 0.885. The van der Waals surface area contributed by atoms with E-state index in [2.05, 4.69) is 88.2 Å². The van der Waals surface area contributed by atoms with Crippen LogP contribution in [0.2, 0.25) is 0 Å². The first kappa shape index (κ1) is 15.3. The molecular weight excluding hydrogens is 374 g/mol. The Morgan fingerprint density at radius 3 is 2.62 bits per heavy atom. The third-order valence-corrected chi connectivity index (χ3v) is 6.91. The van der Waals surface area contributed by atoms with E-state index in [-0.39, 0.29) is 0 Å². The van der Waals surface area contributed by atoms with Crippen molar-refractivity contribution in [3.05, 3.63) is 84.9 Å². The molecule has 4 heteroatoms. The highest BCUT2D eigenvalue weighted by Crippen LogP contribution is 2.38. The minimum Gasteiger partial charge on any atom is -0.323 e. The van der Waals surface area contributed by atoms with Crippen LogP contribution in [0.4, 0.5) is 0 Å². The number of H-pyrrole nitrogens is 1. The number of hydrogen-bond donors (Lipinski definition) is 1. The van der Waals surface area contributed by atoms with Gasteiger partial charge in [-0.25, -0.2) is 4.98 Å². The number of para-hydroxylation sites is 3. The van der Waals surface area contributed by atoms with Crippen LogP contribution in [0.3, 0.4) is 0 Å². The van der Waals surface area contributed by atoms with Crippen LogP contribution >= 0.6 is 11.3 Å². The van der Waals surface area contributed by atoms with E-state index < -0.39 is 0 Å². The Bertz CT molecular complexity index is 1710. The molecule has 7 rings (SSSR count). The van der Waals surface area contributed by atoms with Gasteiger partial charge in [-0.3, -0.25) is 4.40 Å². The van der Waals surface area contributed by atoms with Crippen LogP contribution in [0.15, 0.2) is 84.9 Å². The molecule has 0 saturated heterocycles. The predicted molar refractivity (Wildman–Crippen MR) is 123 cm³/mol. The molecule has 0 fully saturated rings. The Kier molecular flexibility index (Phi) is 2.88. The van der Waals surface area contributed by atoms with E-state index in [1.165, 1.54) is 36.8 Å². The summed E-state index contributed by atoms with van der Waals surface area (Å²) in [5.74, 6) is 0.885. The Morgan fingerprint density at radius 1 is 0.759 bits per heavy atom. The van der Waals surface area contributed by atoms with Gasteiger partial charge in [-0.05, 0) is 42.0 Å². The molecular formula is C25H15N3S. The molecule has 0 spiro atoms. The van der Waals surface area contributed by atoms with E-state index in [4.69, 9.17) is 4.98 Å². The van der Waals surface area contributed by atoms with Gasteiger partial charge >= 0.3 is 0 Å². The van der Waals surface area contributed by atoms with Crippen molar-refractivity contribution in [3.63, 3.8) is 0 Å². The van der Waals surface area contributed by atoms with Crippen molar-refractivity contribution >= 4 is 59.4 Å². The van der Waals surface area contributed by atoms with Crippen molar-refractivity contribution in [2.45, 2.75) is 0 Å². The topological polar surface area (TPSA) is 33.1 Å². The first-order valence-electron chi connectivity index (χ1n) is 9.66. The molecule has 0 amide bonds. The van der Waals surface area contributed by atoms with Crippen LogP contribution in [-0.4, -0.2) is 14.4 Å². The molecule has 29 heavy (non-hydrogen) atoms. The van der Waals surface area contributed by atoms with E-state index in [0.717, 1.165) is 22.3 Å². The van der Waals surface area contributed by atoms with Gasteiger partial charge in [0.1, 0.15) is 0 Å². The lowest BCUT2D eigenvalue weighted by atomic mass is 10.0. The molecule has 7 aromatic rings. The fourth-order valence-electron chi connectivity index (χ4n) is 4.47. The highest BCUT2D eigenvalue weighted by molar-refractivity contribution is 7.25. The van der Waals surface area contributed by atoms with Gasteiger partial charge in [-0.1, -0.05) is 48.5 Å². The number of aromatic nitrogens is 3. The maximum Gasteiger partial charge on any atom is 0.213 e. The van der Waals surface area contributed by atoms with Crippen LogP contribution in [0.5, 0.6) is 0 Å². The van der Waals surface area contributed by atoms with Gasteiger partial charge in [-0.15, -0.1) is 11.3 Å². The Balaban J connectivity index is 1.60. The van der Waals surface area contributed by atoms with Crippen LogP contribution in [0.25, 0.3) is 59.1 Å². The highest BCUT2D eigenvalue weighted by atomic mass is 32.1. The largest absolute Gasteiger partial charge is 0.323 e. The van der Waals surface area contributed by atoms with Gasteiger partial charge in [0, 0.05) is 25.7 Å². The second kappa shape index (κ2) is 5.46. The molecule has 0 aliphatic rings. The molecule has 1 N–H and O–H groups in total. The summed E-state index contributed by atoms with van der Waals surface area (Å²) in [6.45, 7) is 0. The van der Waals surface area contributed by atoms with Gasteiger partial charge in [0.2, 0.25) is 5.78 Å². The average molecular weight is 389 g/mol. The zero-order valence-electron chi connectivity index (χ0n) is 15.4. The summed E-state index contributed by atoms with van der Waals surface area (Å²) in [5.41, 5.74) is 6.86. The molecule has 4 aromatic carbocycles. The molecule has 0 unspecified atom stereocenters. The maximum absolute atomic E-state index is 4.78. The summed E-state index contributed by atoms with van der Waals surface area (Å²) in [4.78, 5) is 8.27. The number of fused-ring (bicyclic) bond motifs is 8. The van der Waals surface area contributed by atoms with E-state index in [1.54, 1.807) is 0 Å². The molecule has 0 aliphatic heterocycles. The number of nitrogens with one attached hydrogen (secondary N) is 1. The first-order valence-corrected chi connectivity index (χ1v) is 10.5. The Labute approximate surface area is 169 Å². The molecule has 0 radical (unpaired) electrons. The fourth-order valence-corrected chi connectivity index (χ4v) is 5.55. The molecule has 3 heterocycles. The lowest BCUT2D eigenvalue weighted by Crippen LogP contribution is -1.86. The van der Waals surface area contributed by atoms with E-state index in [9.17, 15) is 0 Å². The van der Waals surface area contributed by atoms with Crippen LogP contribution in [-0.2, 0) is 0 Å². The van der Waals surface area contributed by atoms with Gasteiger partial charge in [-0.2, -0.15) is 0 Å². The zero-order valence-corrected chi connectivity index (χ0v) is 16.2. The smallest absolute Gasteiger partial charge is 0.213 e. The third-order valence-electron chi connectivity index (χ3n) is 5.75. The summed E-state index contributed by atoms with van der Waals surface area (Å²) < 4.78 is 4.91. The number of benzene rings is 4. The Hall–Kier alpha value is -3.63. The van der Waals surface area contributed by atoms with E-state index in [0.29, 0.717) is 0 Å². The van der Waals surface area contributed by atoms with Gasteiger partial charge in [0.05, 0.1) is 22.1 Å². The summed E-state index contributed by atoms with van der Waals surface area (Å²) in [5, 5.41) is 2.65. The number of aromatic amines is 1. The highest BCUT2D eigenvalue weighted by Gasteiger charge is 2.15. The molecule has 0 aliphatic carbocycles. The van der Waals surface area contributed by atoms with Crippen molar-refractivity contribution in [2.75, 3.05) is 0 Å². The molecule has 3 nitrogen and oxygen atoms in total. The maximum atomic E-state index is 4.78. The number of rotatable bonds is 1. The minimum atomic E-state index is 0.885. The van der Waals surface area contributed by atoms with Gasteiger partial charge < -0.3 is 4.98 Å². The monoisotopic (exact) mass is 389 g/mol. The van der Waals surface area contributed by atoms with Crippen molar-refractivity contribution in [2.24, 2.45) is 0 Å². The van der Waals surface area contributed by atoms with Crippen LogP contribution in [0, 0.1) is 0 Å². The zero-order chi connectivity index (χ0) is 18.9. The van der Waals surface area contributed by atoms with Gasteiger partial charge in [0.15, 0.2) is 0 Å². The van der Waals surface area contributed by atoms with Crippen LogP contribution < -0.4 is 0 Å². The lowest BCUT2D eigenvalue weighted by molar-refractivity contribution is 1.28. The predicted octanol–water partition coefficient (Wildman–Crippen LogP) is 7.00. The van der Waals surface area contributed by atoms with Gasteiger partial charge in [0.25, 0.3) is 0 Å². The summed E-state index contributed by atoms with van der Waals surface area (Å²) in [6, 6.07) is 30.2. The lowest BCUT2D eigenvalue weighted by Gasteiger charge is -2.06. The summed E-state index contributed by atoms with van der Waals surface area (Å²) in [7, 11) is 0. The molecule has 3 aromatic heterocycles. The Morgan fingerprint density at radius 2 is 1.62 bits per heavy atom. The van der Waals surface area contributed by atoms with E-state index >= 15 is 0 Å². The number of imidazole rings is 2. The summed E-state index contributed by atoms with van der Waals surface area (Å²) in [6.07, 6.45) is 0. The molecule has 136 valence electrons. The standard InChI is InChI=1S/C25H15N3S/c1-4-11-22-17(6-1)18-14-15(12-13-23(18)29-22)16-7-5-9-20-24(16)28-21-10-3-2-8-19(21)26-25(28)27-20/h1-14H,(H,26,27). The van der Waals surface area contributed by atoms with Crippen molar-refractivity contribution in [3.8, 4) is 11.1 Å². The second-order valence-electron chi connectivity index (χ2n) is 7.40.